The van der Waals surface area contributed by atoms with Gasteiger partial charge in [0.1, 0.15) is 5.75 Å². The Morgan fingerprint density at radius 1 is 1.13 bits per heavy atom. The van der Waals surface area contributed by atoms with Crippen LogP contribution < -0.4 is 15.0 Å². The number of fused-ring (bicyclic) bond motifs is 1. The van der Waals surface area contributed by atoms with Gasteiger partial charge in [-0.15, -0.1) is 0 Å². The van der Waals surface area contributed by atoms with Crippen LogP contribution >= 0.6 is 0 Å². The lowest BCUT2D eigenvalue weighted by atomic mass is 10.1. The lowest BCUT2D eigenvalue weighted by Gasteiger charge is -2.36. The van der Waals surface area contributed by atoms with Crippen LogP contribution in [0.15, 0.2) is 67.0 Å². The van der Waals surface area contributed by atoms with Gasteiger partial charge in [-0.3, -0.25) is 4.79 Å². The van der Waals surface area contributed by atoms with Gasteiger partial charge < -0.3 is 15.0 Å². The number of rotatable bonds is 7. The van der Waals surface area contributed by atoms with Gasteiger partial charge >= 0.3 is 0 Å². The monoisotopic (exact) mass is 404 g/mol. The van der Waals surface area contributed by atoms with Crippen molar-refractivity contribution in [2.24, 2.45) is 0 Å². The van der Waals surface area contributed by atoms with Gasteiger partial charge in [0.2, 0.25) is 0 Å². The van der Waals surface area contributed by atoms with Crippen molar-refractivity contribution in [2.75, 3.05) is 11.4 Å². The van der Waals surface area contributed by atoms with Crippen molar-refractivity contribution < 1.29 is 9.53 Å². The van der Waals surface area contributed by atoms with Crippen LogP contribution in [0.2, 0.25) is 0 Å². The van der Waals surface area contributed by atoms with Gasteiger partial charge in [0, 0.05) is 25.0 Å². The maximum Gasteiger partial charge on any atom is 0.263 e. The molecule has 0 fully saturated rings. The van der Waals surface area contributed by atoms with Crippen LogP contribution in [-0.2, 0) is 11.3 Å². The van der Waals surface area contributed by atoms with E-state index in [1.807, 2.05) is 41.2 Å². The van der Waals surface area contributed by atoms with Gasteiger partial charge in [-0.05, 0) is 48.7 Å². The van der Waals surface area contributed by atoms with Crippen molar-refractivity contribution in [3.63, 3.8) is 0 Å². The Morgan fingerprint density at radius 2 is 1.90 bits per heavy atom. The number of hydrogen-bond acceptors (Lipinski definition) is 4. The molecule has 1 N–H and O–H groups in total. The number of para-hydroxylation sites is 2. The number of nitrogens with zero attached hydrogens (tertiary/aromatic N) is 3. The highest BCUT2D eigenvalue weighted by Crippen LogP contribution is 2.34. The third-order valence-corrected chi connectivity index (χ3v) is 5.56. The largest absolute Gasteiger partial charge is 0.477 e. The third-order valence-electron chi connectivity index (χ3n) is 5.56. The highest BCUT2D eigenvalue weighted by atomic mass is 16.5. The molecule has 2 aromatic carbocycles. The Hall–Kier alpha value is -3.28. The predicted octanol–water partition coefficient (Wildman–Crippen LogP) is 3.94. The summed E-state index contributed by atoms with van der Waals surface area (Å²) in [6, 6.07) is 18.3. The van der Waals surface area contributed by atoms with Gasteiger partial charge in [0.15, 0.2) is 6.10 Å². The van der Waals surface area contributed by atoms with E-state index < -0.39 is 6.10 Å². The smallest absolute Gasteiger partial charge is 0.263 e. The number of anilines is 1. The summed E-state index contributed by atoms with van der Waals surface area (Å²) in [4.78, 5) is 15.1. The number of carbonyl (C=O) groups excluding carboxylic acids is 1. The number of benzene rings is 2. The van der Waals surface area contributed by atoms with E-state index in [0.717, 1.165) is 30.0 Å². The van der Waals surface area contributed by atoms with Crippen molar-refractivity contribution in [3.05, 3.63) is 72.6 Å². The molecule has 1 unspecified atom stereocenters. The van der Waals surface area contributed by atoms with Crippen LogP contribution in [0.4, 0.5) is 5.69 Å². The van der Waals surface area contributed by atoms with Crippen molar-refractivity contribution in [1.82, 2.24) is 15.1 Å². The van der Waals surface area contributed by atoms with E-state index >= 15 is 0 Å². The molecule has 6 nitrogen and oxygen atoms in total. The molecule has 0 saturated heterocycles. The summed E-state index contributed by atoms with van der Waals surface area (Å²) < 4.78 is 7.89. The minimum atomic E-state index is -0.524. The van der Waals surface area contributed by atoms with Gasteiger partial charge in [-0.2, -0.15) is 5.10 Å². The second-order valence-electron chi connectivity index (χ2n) is 7.59. The fourth-order valence-electron chi connectivity index (χ4n) is 3.78. The molecular weight excluding hydrogens is 376 g/mol. The molecule has 0 bridgehead atoms. The van der Waals surface area contributed by atoms with Crippen LogP contribution in [-0.4, -0.2) is 34.4 Å². The fourth-order valence-corrected chi connectivity index (χ4v) is 3.78. The quantitative estimate of drug-likeness (QED) is 0.648. The van der Waals surface area contributed by atoms with E-state index in [9.17, 15) is 4.79 Å². The molecule has 3 aromatic rings. The SMILES string of the molecule is CCC(CC)NC(=O)C1CN(Cc2ccc(-n3cccn3)cc2)c2ccccc2O1. The normalized spacial score (nSPS) is 15.6. The number of nitrogens with one attached hydrogen (secondary N) is 1. The van der Waals surface area contributed by atoms with E-state index in [2.05, 4.69) is 53.4 Å². The van der Waals surface area contributed by atoms with Crippen LogP contribution in [0.3, 0.4) is 0 Å². The molecule has 1 atom stereocenters. The molecule has 6 heteroatoms. The third kappa shape index (κ3) is 4.32. The number of carbonyl (C=O) groups is 1. The van der Waals surface area contributed by atoms with E-state index in [4.69, 9.17) is 4.74 Å². The summed E-state index contributed by atoms with van der Waals surface area (Å²) in [5.41, 5.74) is 3.20. The molecule has 0 aliphatic carbocycles. The Bertz CT molecular complexity index is 965. The van der Waals surface area contributed by atoms with Crippen molar-refractivity contribution in [2.45, 2.75) is 45.4 Å². The van der Waals surface area contributed by atoms with Crippen molar-refractivity contribution >= 4 is 11.6 Å². The maximum absolute atomic E-state index is 12.8. The molecule has 1 amide bonds. The molecule has 1 aliphatic heterocycles. The van der Waals surface area contributed by atoms with Crippen molar-refractivity contribution in [3.8, 4) is 11.4 Å². The average Bonchev–Trinajstić information content (AvgIpc) is 3.32. The molecule has 1 aliphatic rings. The summed E-state index contributed by atoms with van der Waals surface area (Å²) in [7, 11) is 0. The minimum absolute atomic E-state index is 0.0442. The molecule has 2 heterocycles. The maximum atomic E-state index is 12.8. The first-order chi connectivity index (χ1) is 14.7. The highest BCUT2D eigenvalue weighted by molar-refractivity contribution is 5.83. The molecule has 156 valence electrons. The zero-order valence-corrected chi connectivity index (χ0v) is 17.5. The standard InChI is InChI=1S/C24H28N4O2/c1-3-19(4-2)26-24(29)23-17-27(21-8-5-6-9-22(21)30-23)16-18-10-12-20(13-11-18)28-15-7-14-25-28/h5-15,19,23H,3-4,16-17H2,1-2H3,(H,26,29). The van der Waals surface area contributed by atoms with Crippen LogP contribution in [0.1, 0.15) is 32.3 Å². The number of aromatic nitrogens is 2. The van der Waals surface area contributed by atoms with E-state index in [-0.39, 0.29) is 11.9 Å². The van der Waals surface area contributed by atoms with E-state index in [1.165, 1.54) is 5.56 Å². The predicted molar refractivity (Wildman–Crippen MR) is 118 cm³/mol. The molecule has 1 aromatic heterocycles. The Balaban J connectivity index is 1.52. The zero-order chi connectivity index (χ0) is 20.9. The average molecular weight is 405 g/mol. The summed E-state index contributed by atoms with van der Waals surface area (Å²) >= 11 is 0. The first-order valence-corrected chi connectivity index (χ1v) is 10.6. The molecule has 4 rings (SSSR count). The van der Waals surface area contributed by atoms with Gasteiger partial charge in [0.05, 0.1) is 17.9 Å². The lowest BCUT2D eigenvalue weighted by Crippen LogP contribution is -2.50. The van der Waals surface area contributed by atoms with Gasteiger partial charge in [-0.25, -0.2) is 4.68 Å². The first kappa shape index (κ1) is 20.0. The number of hydrogen-bond donors (Lipinski definition) is 1. The molecule has 0 saturated carbocycles. The molecule has 30 heavy (non-hydrogen) atoms. The summed E-state index contributed by atoms with van der Waals surface area (Å²) in [5, 5.41) is 7.40. The van der Waals surface area contributed by atoms with Crippen LogP contribution in [0.5, 0.6) is 5.75 Å². The van der Waals surface area contributed by atoms with Gasteiger partial charge in [0.25, 0.3) is 5.91 Å². The minimum Gasteiger partial charge on any atom is -0.477 e. The number of ether oxygens (including phenoxy) is 1. The van der Waals surface area contributed by atoms with Crippen molar-refractivity contribution in [1.29, 1.82) is 0 Å². The first-order valence-electron chi connectivity index (χ1n) is 10.6. The Morgan fingerprint density at radius 3 is 2.60 bits per heavy atom. The molecular formula is C24H28N4O2. The summed E-state index contributed by atoms with van der Waals surface area (Å²) in [6.07, 6.45) is 5.00. The second-order valence-corrected chi connectivity index (χ2v) is 7.59. The van der Waals surface area contributed by atoms with E-state index in [1.54, 1.807) is 6.20 Å². The van der Waals surface area contributed by atoms with Crippen LogP contribution in [0, 0.1) is 0 Å². The molecule has 0 spiro atoms. The lowest BCUT2D eigenvalue weighted by molar-refractivity contribution is -0.128. The zero-order valence-electron chi connectivity index (χ0n) is 17.5. The fraction of sp³-hybridized carbons (Fsp3) is 0.333. The Labute approximate surface area is 177 Å². The topological polar surface area (TPSA) is 59.4 Å². The van der Waals surface area contributed by atoms with Crippen LogP contribution in [0.25, 0.3) is 5.69 Å². The summed E-state index contributed by atoms with van der Waals surface area (Å²) in [6.45, 7) is 5.40. The van der Waals surface area contributed by atoms with E-state index in [0.29, 0.717) is 13.1 Å². The second kappa shape index (κ2) is 9.03. The van der Waals surface area contributed by atoms with Gasteiger partial charge in [-0.1, -0.05) is 38.1 Å². The summed E-state index contributed by atoms with van der Waals surface area (Å²) in [5.74, 6) is 0.707. The highest BCUT2D eigenvalue weighted by Gasteiger charge is 2.31. The molecule has 0 radical (unpaired) electrons. The number of amides is 1. The Kier molecular flexibility index (Phi) is 6.02.